The van der Waals surface area contributed by atoms with Gasteiger partial charge in [0.25, 0.3) is 0 Å². The van der Waals surface area contributed by atoms with Crippen LogP contribution < -0.4 is 4.74 Å². The molecule has 0 heterocycles. The fourth-order valence-electron chi connectivity index (χ4n) is 1.76. The topological polar surface area (TPSA) is 73.5 Å². The molecule has 4 nitrogen and oxygen atoms in total. The lowest BCUT2D eigenvalue weighted by Gasteiger charge is -2.13. The number of hydrogen-bond donors (Lipinski definition) is 2. The summed E-state index contributed by atoms with van der Waals surface area (Å²) in [6.07, 6.45) is -2.63. The van der Waals surface area contributed by atoms with Gasteiger partial charge in [0, 0.05) is 0 Å². The normalized spacial score (nSPS) is 13.2. The third-order valence-electron chi connectivity index (χ3n) is 2.90. The molecule has 0 aliphatic heterocycles. The molecule has 2 rings (SSSR count). The molecule has 2 aromatic rings. The zero-order chi connectivity index (χ0) is 14.4. The fraction of sp³-hybridized carbons (Fsp3) is 0.188. The van der Waals surface area contributed by atoms with Gasteiger partial charge >= 0.3 is 0 Å². The third kappa shape index (κ3) is 3.58. The van der Waals surface area contributed by atoms with Crippen molar-refractivity contribution in [3.05, 3.63) is 65.7 Å². The number of nitriles is 1. The Morgan fingerprint density at radius 2 is 1.65 bits per heavy atom. The van der Waals surface area contributed by atoms with Gasteiger partial charge in [-0.15, -0.1) is 0 Å². The molecule has 0 fully saturated rings. The smallest absolute Gasteiger partial charge is 0.170 e. The molecule has 0 radical (unpaired) electrons. The largest absolute Gasteiger partial charge is 0.489 e. The van der Waals surface area contributed by atoms with E-state index in [-0.39, 0.29) is 0 Å². The van der Waals surface area contributed by atoms with Crippen LogP contribution in [-0.4, -0.2) is 16.3 Å². The van der Waals surface area contributed by atoms with Crippen LogP contribution in [0, 0.1) is 11.3 Å². The molecule has 0 aliphatic rings. The zero-order valence-electron chi connectivity index (χ0n) is 10.8. The molecule has 2 unspecified atom stereocenters. The van der Waals surface area contributed by atoms with Crippen LogP contribution in [0.5, 0.6) is 5.75 Å². The molecule has 102 valence electrons. The molecule has 0 saturated heterocycles. The van der Waals surface area contributed by atoms with Crippen molar-refractivity contribution >= 4 is 0 Å². The summed E-state index contributed by atoms with van der Waals surface area (Å²) >= 11 is 0. The first kappa shape index (κ1) is 14.1. The van der Waals surface area contributed by atoms with Gasteiger partial charge in [-0.1, -0.05) is 42.5 Å². The Morgan fingerprint density at radius 1 is 1.00 bits per heavy atom. The van der Waals surface area contributed by atoms with Gasteiger partial charge in [-0.05, 0) is 23.3 Å². The summed E-state index contributed by atoms with van der Waals surface area (Å²) in [5.41, 5.74) is 1.54. The predicted octanol–water partition coefficient (Wildman–Crippen LogP) is 2.18. The number of benzene rings is 2. The van der Waals surface area contributed by atoms with Crippen LogP contribution in [0.15, 0.2) is 54.6 Å². The van der Waals surface area contributed by atoms with Crippen LogP contribution in [0.4, 0.5) is 0 Å². The highest BCUT2D eigenvalue weighted by Gasteiger charge is 2.17. The lowest BCUT2D eigenvalue weighted by Crippen LogP contribution is -2.15. The minimum absolute atomic E-state index is 0.462. The van der Waals surface area contributed by atoms with Gasteiger partial charge in [-0.25, -0.2) is 0 Å². The monoisotopic (exact) mass is 269 g/mol. The number of hydrogen-bond acceptors (Lipinski definition) is 4. The van der Waals surface area contributed by atoms with Gasteiger partial charge in [-0.3, -0.25) is 0 Å². The summed E-state index contributed by atoms with van der Waals surface area (Å²) in [7, 11) is 0. The summed E-state index contributed by atoms with van der Waals surface area (Å²) in [4.78, 5) is 0. The maximum absolute atomic E-state index is 9.67. The van der Waals surface area contributed by atoms with E-state index in [0.717, 1.165) is 5.56 Å². The second kappa shape index (κ2) is 6.71. The van der Waals surface area contributed by atoms with E-state index in [0.29, 0.717) is 17.9 Å². The molecule has 4 heteroatoms. The Kier molecular flexibility index (Phi) is 4.72. The van der Waals surface area contributed by atoms with Crippen molar-refractivity contribution in [2.45, 2.75) is 18.8 Å². The maximum atomic E-state index is 9.67. The second-order valence-corrected chi connectivity index (χ2v) is 4.36. The van der Waals surface area contributed by atoms with Crippen LogP contribution in [0.3, 0.4) is 0 Å². The van der Waals surface area contributed by atoms with Crippen LogP contribution in [-0.2, 0) is 6.61 Å². The molecule has 0 aliphatic carbocycles. The Morgan fingerprint density at radius 3 is 2.25 bits per heavy atom. The molecular weight excluding hydrogens is 254 g/mol. The van der Waals surface area contributed by atoms with E-state index in [9.17, 15) is 10.2 Å². The molecular formula is C16H15NO3. The number of nitrogens with zero attached hydrogens (tertiary/aromatic N) is 1. The van der Waals surface area contributed by atoms with Gasteiger partial charge < -0.3 is 14.9 Å². The highest BCUT2D eigenvalue weighted by atomic mass is 16.5. The summed E-state index contributed by atoms with van der Waals surface area (Å²) in [6.45, 7) is 0.462. The molecule has 0 aromatic heterocycles. The van der Waals surface area contributed by atoms with Crippen molar-refractivity contribution < 1.29 is 14.9 Å². The van der Waals surface area contributed by atoms with E-state index in [1.54, 1.807) is 30.3 Å². The van der Waals surface area contributed by atoms with Crippen molar-refractivity contribution in [1.29, 1.82) is 5.26 Å². The molecule has 20 heavy (non-hydrogen) atoms. The fourth-order valence-corrected chi connectivity index (χ4v) is 1.76. The van der Waals surface area contributed by atoms with E-state index in [4.69, 9.17) is 10.00 Å². The average Bonchev–Trinajstić information content (AvgIpc) is 2.53. The zero-order valence-corrected chi connectivity index (χ0v) is 10.8. The molecule has 0 saturated carbocycles. The van der Waals surface area contributed by atoms with Gasteiger partial charge in [0.2, 0.25) is 0 Å². The van der Waals surface area contributed by atoms with Crippen LogP contribution in [0.1, 0.15) is 17.2 Å². The van der Waals surface area contributed by atoms with Crippen molar-refractivity contribution in [3.8, 4) is 11.8 Å². The highest BCUT2D eigenvalue weighted by molar-refractivity contribution is 5.30. The molecule has 2 N–H and O–H groups in total. The summed E-state index contributed by atoms with van der Waals surface area (Å²) in [6, 6.07) is 18.0. The average molecular weight is 269 g/mol. The third-order valence-corrected chi connectivity index (χ3v) is 2.90. The first-order valence-electron chi connectivity index (χ1n) is 6.23. The van der Waals surface area contributed by atoms with Crippen molar-refractivity contribution in [2.24, 2.45) is 0 Å². The van der Waals surface area contributed by atoms with Crippen molar-refractivity contribution in [2.75, 3.05) is 0 Å². The first-order valence-corrected chi connectivity index (χ1v) is 6.23. The molecule has 0 amide bonds. The molecule has 2 atom stereocenters. The molecule has 0 bridgehead atoms. The van der Waals surface area contributed by atoms with E-state index in [1.807, 2.05) is 30.3 Å². The van der Waals surface area contributed by atoms with E-state index in [2.05, 4.69) is 0 Å². The van der Waals surface area contributed by atoms with Gasteiger partial charge in [-0.2, -0.15) is 5.26 Å². The lowest BCUT2D eigenvalue weighted by atomic mass is 10.1. The summed E-state index contributed by atoms with van der Waals surface area (Å²) in [5.74, 6) is 0.663. The van der Waals surface area contributed by atoms with E-state index in [1.165, 1.54) is 0 Å². The van der Waals surface area contributed by atoms with E-state index < -0.39 is 12.2 Å². The summed E-state index contributed by atoms with van der Waals surface area (Å²) < 4.78 is 5.60. The quantitative estimate of drug-likeness (QED) is 0.816. The number of aliphatic hydroxyl groups excluding tert-OH is 2. The SMILES string of the molecule is N#CC(O)C(O)c1ccc(OCc2ccccc2)cc1. The Balaban J connectivity index is 1.97. The predicted molar refractivity (Wildman–Crippen MR) is 73.8 cm³/mol. The number of ether oxygens (including phenoxy) is 1. The van der Waals surface area contributed by atoms with Crippen LogP contribution in [0.2, 0.25) is 0 Å². The van der Waals surface area contributed by atoms with Crippen LogP contribution in [0.25, 0.3) is 0 Å². The van der Waals surface area contributed by atoms with Crippen molar-refractivity contribution in [3.63, 3.8) is 0 Å². The molecule has 0 spiro atoms. The second-order valence-electron chi connectivity index (χ2n) is 4.36. The van der Waals surface area contributed by atoms with Gasteiger partial charge in [0.05, 0.1) is 6.07 Å². The Hall–Kier alpha value is -2.35. The Bertz CT molecular complexity index is 575. The first-order chi connectivity index (χ1) is 9.70. The summed E-state index contributed by atoms with van der Waals surface area (Å²) in [5, 5.41) is 27.5. The van der Waals surface area contributed by atoms with Crippen molar-refractivity contribution in [1.82, 2.24) is 0 Å². The van der Waals surface area contributed by atoms with E-state index >= 15 is 0 Å². The van der Waals surface area contributed by atoms with Gasteiger partial charge in [0.1, 0.15) is 18.5 Å². The minimum atomic E-state index is -1.42. The lowest BCUT2D eigenvalue weighted by molar-refractivity contribution is 0.0527. The maximum Gasteiger partial charge on any atom is 0.170 e. The van der Waals surface area contributed by atoms with Crippen LogP contribution >= 0.6 is 0 Å². The number of aliphatic hydroxyl groups is 2. The minimum Gasteiger partial charge on any atom is -0.489 e. The van der Waals surface area contributed by atoms with Gasteiger partial charge in [0.15, 0.2) is 6.10 Å². The highest BCUT2D eigenvalue weighted by Crippen LogP contribution is 2.20. The standard InChI is InChI=1S/C16H15NO3/c17-10-15(18)16(19)13-6-8-14(9-7-13)20-11-12-4-2-1-3-5-12/h1-9,15-16,18-19H,11H2. The molecule has 2 aromatic carbocycles. The Labute approximate surface area is 117 Å². The number of rotatable bonds is 5.